The van der Waals surface area contributed by atoms with Gasteiger partial charge in [0.05, 0.1) is 6.61 Å². The van der Waals surface area contributed by atoms with Crippen LogP contribution in [0.25, 0.3) is 0 Å². The molecule has 0 saturated carbocycles. The number of ether oxygens (including phenoxy) is 2. The van der Waals surface area contributed by atoms with Crippen LogP contribution in [0.4, 0.5) is 16.7 Å². The summed E-state index contributed by atoms with van der Waals surface area (Å²) < 4.78 is 10.8. The van der Waals surface area contributed by atoms with Crippen LogP contribution in [0.3, 0.4) is 0 Å². The van der Waals surface area contributed by atoms with Crippen LogP contribution in [0.15, 0.2) is 0 Å². The van der Waals surface area contributed by atoms with E-state index >= 15 is 0 Å². The number of rotatable bonds is 7. The number of carbonyl (C=O) groups is 1. The minimum Gasteiger partial charge on any atom is -0.444 e. The van der Waals surface area contributed by atoms with E-state index < -0.39 is 5.60 Å². The Hall–Kier alpha value is -1.87. The van der Waals surface area contributed by atoms with Gasteiger partial charge < -0.3 is 24.6 Å². The minimum atomic E-state index is -0.503. The Kier molecular flexibility index (Phi) is 7.85. The van der Waals surface area contributed by atoms with E-state index in [1.54, 1.807) is 4.90 Å². The summed E-state index contributed by atoms with van der Waals surface area (Å²) in [6, 6.07) is 0. The zero-order valence-electron chi connectivity index (χ0n) is 16.5. The zero-order valence-corrected chi connectivity index (χ0v) is 17.3. The highest BCUT2D eigenvalue weighted by Crippen LogP contribution is 2.17. The molecule has 1 aliphatic heterocycles. The van der Waals surface area contributed by atoms with E-state index in [-0.39, 0.29) is 11.4 Å². The van der Waals surface area contributed by atoms with Crippen molar-refractivity contribution < 1.29 is 14.3 Å². The summed E-state index contributed by atoms with van der Waals surface area (Å²) in [7, 11) is 0. The first-order valence-electron chi connectivity index (χ1n) is 9.24. The van der Waals surface area contributed by atoms with Crippen LogP contribution in [0, 0.1) is 0 Å². The maximum atomic E-state index is 12.2. The fraction of sp³-hybridized carbons (Fsp3) is 0.765. The number of nitrogens with zero attached hydrogens (tertiary/aromatic N) is 5. The van der Waals surface area contributed by atoms with E-state index in [9.17, 15) is 4.79 Å². The molecule has 1 saturated heterocycles. The Morgan fingerprint density at radius 2 is 1.85 bits per heavy atom. The van der Waals surface area contributed by atoms with Crippen molar-refractivity contribution in [1.82, 2.24) is 19.9 Å². The van der Waals surface area contributed by atoms with E-state index in [0.717, 1.165) is 13.0 Å². The van der Waals surface area contributed by atoms with Crippen LogP contribution < -0.4 is 10.2 Å². The lowest BCUT2D eigenvalue weighted by atomic mass is 10.2. The second kappa shape index (κ2) is 9.89. The Balaban J connectivity index is 1.88. The molecular formula is C17H29ClN6O3. The van der Waals surface area contributed by atoms with Gasteiger partial charge in [-0.1, -0.05) is 6.92 Å². The molecule has 1 aromatic heterocycles. The number of nitrogens with one attached hydrogen (secondary N) is 1. The van der Waals surface area contributed by atoms with E-state index in [1.807, 2.05) is 25.7 Å². The molecule has 0 spiro atoms. The SMILES string of the molecule is CCCOCCNc1nc(Cl)nc(N2CCN(C(=O)OC(C)(C)C)CC2)n1. The van der Waals surface area contributed by atoms with Crippen molar-refractivity contribution in [3.05, 3.63) is 5.28 Å². The second-order valence-electron chi connectivity index (χ2n) is 7.22. The quantitative estimate of drug-likeness (QED) is 0.697. The molecular weight excluding hydrogens is 372 g/mol. The summed E-state index contributed by atoms with van der Waals surface area (Å²) >= 11 is 6.04. The molecule has 0 radical (unpaired) electrons. The molecule has 27 heavy (non-hydrogen) atoms. The Bertz CT molecular complexity index is 617. The lowest BCUT2D eigenvalue weighted by Crippen LogP contribution is -2.50. The van der Waals surface area contributed by atoms with Gasteiger partial charge in [0.1, 0.15) is 5.60 Å². The average molecular weight is 401 g/mol. The average Bonchev–Trinajstić information content (AvgIpc) is 2.60. The van der Waals surface area contributed by atoms with Crippen LogP contribution in [0.5, 0.6) is 0 Å². The Labute approximate surface area is 165 Å². The van der Waals surface area contributed by atoms with Crippen molar-refractivity contribution in [2.75, 3.05) is 56.2 Å². The molecule has 0 bridgehead atoms. The third-order valence-electron chi connectivity index (χ3n) is 3.69. The van der Waals surface area contributed by atoms with Gasteiger partial charge in [0.25, 0.3) is 0 Å². The van der Waals surface area contributed by atoms with Crippen LogP contribution >= 0.6 is 11.6 Å². The molecule has 2 rings (SSSR count). The number of amides is 1. The molecule has 1 fully saturated rings. The van der Waals surface area contributed by atoms with Crippen molar-refractivity contribution in [3.8, 4) is 0 Å². The predicted molar refractivity (Wildman–Crippen MR) is 104 cm³/mol. The van der Waals surface area contributed by atoms with E-state index in [0.29, 0.717) is 51.2 Å². The summed E-state index contributed by atoms with van der Waals surface area (Å²) in [5.74, 6) is 0.912. The van der Waals surface area contributed by atoms with Crippen molar-refractivity contribution >= 4 is 29.6 Å². The first-order chi connectivity index (χ1) is 12.8. The first kappa shape index (κ1) is 21.4. The molecule has 1 aromatic rings. The Morgan fingerprint density at radius 1 is 1.15 bits per heavy atom. The summed E-state index contributed by atoms with van der Waals surface area (Å²) in [5.41, 5.74) is -0.503. The van der Waals surface area contributed by atoms with Crippen LogP contribution in [-0.2, 0) is 9.47 Å². The van der Waals surface area contributed by atoms with Gasteiger partial charge in [-0.05, 0) is 38.8 Å². The number of piperazine rings is 1. The number of aromatic nitrogens is 3. The molecule has 0 unspecified atom stereocenters. The van der Waals surface area contributed by atoms with Gasteiger partial charge in [-0.25, -0.2) is 4.79 Å². The molecule has 1 aliphatic rings. The van der Waals surface area contributed by atoms with Crippen molar-refractivity contribution in [2.45, 2.75) is 39.7 Å². The van der Waals surface area contributed by atoms with Crippen molar-refractivity contribution in [1.29, 1.82) is 0 Å². The van der Waals surface area contributed by atoms with Crippen LogP contribution in [0.2, 0.25) is 5.28 Å². The molecule has 9 nitrogen and oxygen atoms in total. The summed E-state index contributed by atoms with van der Waals surface area (Å²) in [6.45, 7) is 11.8. The molecule has 0 atom stereocenters. The highest BCUT2D eigenvalue weighted by atomic mass is 35.5. The third-order valence-corrected chi connectivity index (χ3v) is 3.86. The summed E-state index contributed by atoms with van der Waals surface area (Å²) in [6.07, 6.45) is 0.682. The highest BCUT2D eigenvalue weighted by molar-refractivity contribution is 6.28. The van der Waals surface area contributed by atoms with Crippen LogP contribution in [-0.4, -0.2) is 77.5 Å². The predicted octanol–water partition coefficient (Wildman–Crippen LogP) is 2.42. The van der Waals surface area contributed by atoms with Gasteiger partial charge in [-0.15, -0.1) is 0 Å². The molecule has 2 heterocycles. The third kappa shape index (κ3) is 7.34. The normalized spacial score (nSPS) is 15.0. The molecule has 0 aromatic carbocycles. The fourth-order valence-corrected chi connectivity index (χ4v) is 2.61. The maximum absolute atomic E-state index is 12.2. The highest BCUT2D eigenvalue weighted by Gasteiger charge is 2.27. The van der Waals surface area contributed by atoms with Gasteiger partial charge in [-0.2, -0.15) is 15.0 Å². The lowest BCUT2D eigenvalue weighted by molar-refractivity contribution is 0.0240. The number of halogens is 1. The number of hydrogen-bond donors (Lipinski definition) is 1. The number of anilines is 2. The second-order valence-corrected chi connectivity index (χ2v) is 7.56. The van der Waals surface area contributed by atoms with Gasteiger partial charge in [0.15, 0.2) is 0 Å². The monoisotopic (exact) mass is 400 g/mol. The van der Waals surface area contributed by atoms with E-state index in [4.69, 9.17) is 21.1 Å². The molecule has 1 amide bonds. The van der Waals surface area contributed by atoms with Gasteiger partial charge in [0, 0.05) is 39.3 Å². The minimum absolute atomic E-state index is 0.131. The van der Waals surface area contributed by atoms with Crippen molar-refractivity contribution in [2.24, 2.45) is 0 Å². The standard InChI is InChI=1S/C17H29ClN6O3/c1-5-11-26-12-6-19-14-20-13(18)21-15(22-14)23-7-9-24(10-8-23)16(25)27-17(2,3)4/h5-12H2,1-4H3,(H,19,20,21,22). The number of hydrogen-bond acceptors (Lipinski definition) is 8. The Morgan fingerprint density at radius 3 is 2.48 bits per heavy atom. The van der Waals surface area contributed by atoms with Gasteiger partial charge in [0.2, 0.25) is 17.2 Å². The summed E-state index contributed by atoms with van der Waals surface area (Å²) in [5, 5.41) is 3.22. The lowest BCUT2D eigenvalue weighted by Gasteiger charge is -2.35. The number of carbonyl (C=O) groups excluding carboxylic acids is 1. The summed E-state index contributed by atoms with van der Waals surface area (Å²) in [4.78, 5) is 28.6. The fourth-order valence-electron chi connectivity index (χ4n) is 2.46. The molecule has 1 N–H and O–H groups in total. The largest absolute Gasteiger partial charge is 0.444 e. The smallest absolute Gasteiger partial charge is 0.410 e. The van der Waals surface area contributed by atoms with Crippen molar-refractivity contribution in [3.63, 3.8) is 0 Å². The zero-order chi connectivity index (χ0) is 19.9. The van der Waals surface area contributed by atoms with Gasteiger partial charge in [-0.3, -0.25) is 0 Å². The molecule has 10 heteroatoms. The van der Waals surface area contributed by atoms with Crippen LogP contribution in [0.1, 0.15) is 34.1 Å². The first-order valence-corrected chi connectivity index (χ1v) is 9.62. The maximum Gasteiger partial charge on any atom is 0.410 e. The molecule has 0 aliphatic carbocycles. The topological polar surface area (TPSA) is 92.7 Å². The van der Waals surface area contributed by atoms with Gasteiger partial charge >= 0.3 is 6.09 Å². The molecule has 152 valence electrons. The van der Waals surface area contributed by atoms with E-state index in [1.165, 1.54) is 0 Å². The van der Waals surface area contributed by atoms with E-state index in [2.05, 4.69) is 27.2 Å².